The molecule has 15 saturated heterocycles. The van der Waals surface area contributed by atoms with E-state index in [1.54, 1.807) is 6.20 Å². The van der Waals surface area contributed by atoms with Crippen molar-refractivity contribution in [3.63, 3.8) is 0 Å². The first kappa shape index (κ1) is 91.5. The van der Waals surface area contributed by atoms with Gasteiger partial charge in [0.15, 0.2) is 0 Å². The van der Waals surface area contributed by atoms with E-state index < -0.39 is 6.10 Å². The molecule has 0 radical (unpaired) electrons. The van der Waals surface area contributed by atoms with E-state index in [9.17, 15) is 0 Å². The Balaban J connectivity index is 0.000000181. The zero-order chi connectivity index (χ0) is 74.9. The van der Waals surface area contributed by atoms with Crippen LogP contribution < -0.4 is 42.5 Å². The van der Waals surface area contributed by atoms with E-state index >= 15 is 0 Å². The summed E-state index contributed by atoms with van der Waals surface area (Å²) in [4.78, 5) is 21.0. The molecule has 0 saturated carbocycles. The van der Waals surface area contributed by atoms with Crippen molar-refractivity contribution in [2.45, 2.75) is 164 Å². The third-order valence-corrected chi connectivity index (χ3v) is 22.2. The molecule has 15 fully saturated rings. The van der Waals surface area contributed by atoms with Crippen LogP contribution in [-0.4, -0.2) is 394 Å². The molecule has 0 amide bonds. The molecule has 17 heterocycles. The largest absolute Gasteiger partial charge is 0.396 e. The topological polar surface area (TPSA) is 290 Å². The highest BCUT2D eigenvalue weighted by atomic mass is 35.5. The third-order valence-electron chi connectivity index (χ3n) is 21.9. The molecule has 18 rings (SSSR count). The van der Waals surface area contributed by atoms with Gasteiger partial charge in [-0.05, 0) is 174 Å². The summed E-state index contributed by atoms with van der Waals surface area (Å²) in [5, 5.41) is 77.7. The second-order valence-electron chi connectivity index (χ2n) is 30.6. The van der Waals surface area contributed by atoms with Gasteiger partial charge in [0, 0.05) is 212 Å². The summed E-state index contributed by atoms with van der Waals surface area (Å²) in [6, 6.07) is 20.3. The van der Waals surface area contributed by atoms with Gasteiger partial charge in [0.1, 0.15) is 6.10 Å². The number of likely N-dealkylation sites (N-methyl/N-ethyl adjacent to an activating group) is 4. The number of unbranched alkanes of at least 4 members (excludes halogenated alkanes) is 3. The zero-order valence-corrected chi connectivity index (χ0v) is 66.4. The summed E-state index contributed by atoms with van der Waals surface area (Å²) in [5.74, 6) is 1.62. The Kier molecular flexibility index (Phi) is 49.5. The smallest absolute Gasteiger partial charge is 0.112 e. The molecule has 1 aromatic heterocycles. The number of hydrogen-bond acceptors (Lipinski definition) is 26. The van der Waals surface area contributed by atoms with E-state index in [2.05, 4.69) is 141 Å². The summed E-state index contributed by atoms with van der Waals surface area (Å²) in [7, 11) is 8.87. The number of aliphatic hydroxyl groups excluding tert-OH is 6. The molecule has 1 aromatic carbocycles. The first-order valence-electron chi connectivity index (χ1n) is 40.7. The lowest BCUT2D eigenvalue weighted by Gasteiger charge is -2.44. The molecule has 8 bridgehead atoms. The molecular formula is C78H149ClN16O10. The maximum atomic E-state index is 9.08. The lowest BCUT2D eigenvalue weighted by Crippen LogP contribution is -2.59. The van der Waals surface area contributed by atoms with Gasteiger partial charge in [-0.2, -0.15) is 0 Å². The number of aliphatic hydroxyl groups is 6. The second-order valence-corrected chi connectivity index (χ2v) is 31.0. The number of benzene rings is 1. The maximum Gasteiger partial charge on any atom is 0.112 e. The van der Waals surface area contributed by atoms with Crippen molar-refractivity contribution in [2.75, 3.05) is 264 Å². The van der Waals surface area contributed by atoms with E-state index in [4.69, 9.17) is 61.2 Å². The molecule has 105 heavy (non-hydrogen) atoms. The van der Waals surface area contributed by atoms with Gasteiger partial charge in [0.2, 0.25) is 0 Å². The van der Waals surface area contributed by atoms with Crippen LogP contribution in [0.4, 0.5) is 0 Å². The van der Waals surface area contributed by atoms with Gasteiger partial charge < -0.3 is 112 Å². The Morgan fingerprint density at radius 1 is 0.533 bits per heavy atom. The molecule has 10 unspecified atom stereocenters. The van der Waals surface area contributed by atoms with Crippen molar-refractivity contribution in [3.8, 4) is 0 Å². The first-order valence-corrected chi connectivity index (χ1v) is 41.2. The van der Waals surface area contributed by atoms with Crippen molar-refractivity contribution < 1.29 is 49.6 Å². The van der Waals surface area contributed by atoms with Crippen LogP contribution in [0, 0.1) is 5.92 Å². The molecule has 16 aliphatic heterocycles. The van der Waals surface area contributed by atoms with Gasteiger partial charge in [0.25, 0.3) is 0 Å². The van der Waals surface area contributed by atoms with Gasteiger partial charge in [-0.3, -0.25) is 19.7 Å². The van der Waals surface area contributed by atoms with Crippen LogP contribution in [0.15, 0.2) is 48.7 Å². The Morgan fingerprint density at radius 3 is 1.49 bits per heavy atom. The number of β-amino-alcohol motifs (C(OH)–C–C–N with tert-alkyl or cyclic N) is 2. The molecule has 0 aliphatic carbocycles. The predicted octanol–water partition coefficient (Wildman–Crippen LogP) is 0.532. The number of morpholine rings is 4. The van der Waals surface area contributed by atoms with Crippen LogP contribution in [0.2, 0.25) is 0 Å². The number of fused-ring (bicyclic) bond motifs is 10. The Labute approximate surface area is 638 Å². The summed E-state index contributed by atoms with van der Waals surface area (Å²) < 4.78 is 21.2. The molecule has 608 valence electrons. The van der Waals surface area contributed by atoms with E-state index in [-0.39, 0.29) is 25.4 Å². The number of aromatic nitrogens is 1. The van der Waals surface area contributed by atoms with Crippen LogP contribution in [0.25, 0.3) is 0 Å². The number of piperazine rings is 4. The fraction of sp³-hybridized carbons (Fsp3) is 0.859. The number of likely N-dealkylation sites (tertiary alicyclic amines) is 1. The number of nitrogens with zero attached hydrogens (tertiary/aromatic N) is 8. The minimum Gasteiger partial charge on any atom is -0.396 e. The summed E-state index contributed by atoms with van der Waals surface area (Å²) in [6.07, 6.45) is 17.2. The molecule has 0 spiro atoms. The molecule has 2 aromatic rings. The van der Waals surface area contributed by atoms with Gasteiger partial charge in [-0.25, -0.2) is 0 Å². The number of alkyl halides is 1. The number of nitrogens with one attached hydrogen (secondary N) is 8. The quantitative estimate of drug-likeness (QED) is 0.0856. The Morgan fingerprint density at radius 2 is 1.10 bits per heavy atom. The van der Waals surface area contributed by atoms with Gasteiger partial charge >= 0.3 is 0 Å². The van der Waals surface area contributed by atoms with Crippen LogP contribution in [0.3, 0.4) is 0 Å². The van der Waals surface area contributed by atoms with E-state index in [1.807, 2.05) is 18.2 Å². The van der Waals surface area contributed by atoms with Crippen LogP contribution in [-0.2, 0) is 31.9 Å². The Bertz CT molecular complexity index is 2290. The number of rotatable bonds is 15. The molecule has 14 N–H and O–H groups in total. The summed E-state index contributed by atoms with van der Waals surface area (Å²) >= 11 is 5.27. The van der Waals surface area contributed by atoms with Crippen molar-refractivity contribution in [1.29, 1.82) is 0 Å². The van der Waals surface area contributed by atoms with E-state index in [0.29, 0.717) is 37.8 Å². The minimum atomic E-state index is -0.604. The summed E-state index contributed by atoms with van der Waals surface area (Å²) in [6.45, 7) is 36.0. The first-order chi connectivity index (χ1) is 51.3. The highest BCUT2D eigenvalue weighted by Crippen LogP contribution is 2.25. The third kappa shape index (κ3) is 39.1. The standard InChI is InChI=1S/C9H12N2O.C9H20N2O.C9H11N.C8H17NO2.2C7H14N2.C7H15NO3.C6H12N2.C5H9NO.C4H9ClO.C4H9N.C3H7NO/c1-2-4-11-8(3-1)9-7-10-5-6-12-9;1-10-5-7-11(8-6-10)4-2-3-9-12;1-2-4-9-7-10-6-5-8(9)3-1;10-6-2-1-3-9-4-7-11-8-5-9;1-9-5-6-2-3-7(9)4-8-6;1-9-6-2-3-7(9)5-8-4-6;9-6-7(10)5-8-1-3-11-4-2-8;1-8-4-5-2-6(8)3-7-5;1-4-3-7-5(1)2-6-4;5-3-1-2-4-6;1-4-2-5-3-4;5-3-1-4-2-3/h1-4,9-10H,5-7H2;12H,2-9H2,1H3;1-4,10H,5-7H2;10H,1-8H2;2*6-8H,2-5H2,1H3;7,9-10H,1-6H2;5-7H,2-4H2,1H3;4-6H,1-3H2;6H,1-4H2;4-5H,2-3H2,1H3;3-5H,1-2H2. The fourth-order valence-corrected chi connectivity index (χ4v) is 14.8. The average molecular weight is 1510 g/mol. The minimum absolute atomic E-state index is 0.0463. The van der Waals surface area contributed by atoms with Crippen LogP contribution in [0.5, 0.6) is 0 Å². The normalized spacial score (nSPS) is 28.5. The highest BCUT2D eigenvalue weighted by molar-refractivity contribution is 6.17. The fourth-order valence-electron chi connectivity index (χ4n) is 14.6. The van der Waals surface area contributed by atoms with Crippen molar-refractivity contribution >= 4 is 11.6 Å². The number of pyridine rings is 1. The monoisotopic (exact) mass is 1510 g/mol. The SMILES string of the molecule is C1OC2CNC1C2.CC1CNC1.CN1C2CCC1CNC2.CN1CC2CC1CN2.CN1CC2CCC1CN2.CN1CCN(CCCCO)CC1.OC1CNC1.OCC(O)CN1CCOCC1.OCCCCCl.OCCCCN1CCOCC1.c1ccc(C2CNCCO2)nc1.c1ccc2c(c1)CCNC2. The lowest BCUT2D eigenvalue weighted by atomic mass is 9.94. The van der Waals surface area contributed by atoms with E-state index in [0.717, 1.165) is 211 Å². The van der Waals surface area contributed by atoms with Gasteiger partial charge in [0.05, 0.1) is 70.3 Å². The molecule has 26 nitrogen and oxygen atoms in total. The van der Waals surface area contributed by atoms with Gasteiger partial charge in [-0.1, -0.05) is 37.3 Å². The predicted molar refractivity (Wildman–Crippen MR) is 424 cm³/mol. The molecule has 27 heteroatoms. The number of hydrogen-bond donors (Lipinski definition) is 14. The molecular weight excluding hydrogens is 1360 g/mol. The molecule has 16 aliphatic rings. The average Bonchev–Trinajstić information content (AvgIpc) is 1.60. The lowest BCUT2D eigenvalue weighted by molar-refractivity contribution is 0.00170. The number of halogens is 1. The number of piperidine rings is 2. The van der Waals surface area contributed by atoms with Crippen LogP contribution in [0.1, 0.15) is 107 Å². The summed E-state index contributed by atoms with van der Waals surface area (Å²) in [5.41, 5.74) is 4.00. The second kappa shape index (κ2) is 56.8. The molecule has 10 atom stereocenters. The van der Waals surface area contributed by atoms with Crippen LogP contribution >= 0.6 is 11.6 Å². The van der Waals surface area contributed by atoms with E-state index in [1.165, 1.54) is 135 Å². The van der Waals surface area contributed by atoms with Gasteiger partial charge in [-0.15, -0.1) is 11.6 Å². The van der Waals surface area contributed by atoms with Crippen molar-refractivity contribution in [1.82, 2.24) is 81.8 Å². The van der Waals surface area contributed by atoms with Crippen molar-refractivity contribution in [3.05, 3.63) is 65.5 Å². The van der Waals surface area contributed by atoms with Crippen molar-refractivity contribution in [2.24, 2.45) is 5.92 Å². The zero-order valence-electron chi connectivity index (χ0n) is 65.7. The highest BCUT2D eigenvalue weighted by Gasteiger charge is 2.36. The Hall–Kier alpha value is -2.34. The number of ether oxygens (including phenoxy) is 4. The maximum absolute atomic E-state index is 9.08.